The van der Waals surface area contributed by atoms with Crippen LogP contribution in [0.15, 0.2) is 11.0 Å². The lowest BCUT2D eigenvalue weighted by atomic mass is 10.2. The maximum absolute atomic E-state index is 11.1. The molecule has 6 N–H and O–H groups in total. The van der Waals surface area contributed by atoms with Crippen molar-refractivity contribution in [1.82, 2.24) is 0 Å². The predicted molar refractivity (Wildman–Crippen MR) is 55.9 cm³/mol. The van der Waals surface area contributed by atoms with Crippen molar-refractivity contribution >= 4 is 33.3 Å². The summed E-state index contributed by atoms with van der Waals surface area (Å²) in [5.74, 6) is -2.35. The Morgan fingerprint density at radius 2 is 1.94 bits per heavy atom. The molecule has 0 saturated carbocycles. The number of carbonyl (C=O) groups is 1. The van der Waals surface area contributed by atoms with Crippen LogP contribution in [0.4, 0.5) is 5.69 Å². The van der Waals surface area contributed by atoms with Gasteiger partial charge in [-0.25, -0.2) is 18.4 Å². The van der Waals surface area contributed by atoms with Gasteiger partial charge < -0.3 is 15.9 Å². The molecule has 0 heterocycles. The van der Waals surface area contributed by atoms with Gasteiger partial charge in [-0.15, -0.1) is 0 Å². The van der Waals surface area contributed by atoms with Crippen LogP contribution in [0.2, 0.25) is 5.02 Å². The molecule has 0 aromatic heterocycles. The van der Waals surface area contributed by atoms with E-state index in [1.54, 1.807) is 0 Å². The lowest BCUT2D eigenvalue weighted by molar-refractivity contribution is 0.0693. The molecular formula is C7H7ClN2O5S. The van der Waals surface area contributed by atoms with Gasteiger partial charge in [0.25, 0.3) is 0 Å². The molecule has 0 aliphatic heterocycles. The molecule has 7 nitrogen and oxygen atoms in total. The normalized spacial score (nSPS) is 11.4. The smallest absolute Gasteiger partial charge is 0.339 e. The summed E-state index contributed by atoms with van der Waals surface area (Å²) in [6.07, 6.45) is 0. The molecule has 0 spiro atoms. The van der Waals surface area contributed by atoms with E-state index in [2.05, 4.69) is 0 Å². The fourth-order valence-corrected chi connectivity index (χ4v) is 2.12. The largest absolute Gasteiger partial charge is 0.505 e. The minimum atomic E-state index is -4.22. The number of nitrogen functional groups attached to an aromatic ring is 1. The number of aromatic carboxylic acids is 1. The Morgan fingerprint density at radius 3 is 2.31 bits per heavy atom. The van der Waals surface area contributed by atoms with Crippen molar-refractivity contribution in [3.8, 4) is 5.75 Å². The van der Waals surface area contributed by atoms with Crippen LogP contribution in [0.1, 0.15) is 10.4 Å². The lowest BCUT2D eigenvalue weighted by Gasteiger charge is -2.09. The molecule has 0 bridgehead atoms. The Hall–Kier alpha value is -1.51. The second kappa shape index (κ2) is 3.81. The zero-order chi connectivity index (χ0) is 12.7. The summed E-state index contributed by atoms with van der Waals surface area (Å²) in [5.41, 5.74) is 4.01. The number of benzene rings is 1. The third-order valence-corrected chi connectivity index (χ3v) is 3.23. The van der Waals surface area contributed by atoms with E-state index < -0.39 is 42.9 Å². The fourth-order valence-electron chi connectivity index (χ4n) is 1.01. The van der Waals surface area contributed by atoms with Gasteiger partial charge in [0.05, 0.1) is 10.7 Å². The number of anilines is 1. The summed E-state index contributed by atoms with van der Waals surface area (Å²) in [4.78, 5) is 10.0. The molecule has 0 fully saturated rings. The van der Waals surface area contributed by atoms with E-state index in [9.17, 15) is 18.3 Å². The van der Waals surface area contributed by atoms with Crippen molar-refractivity contribution in [2.75, 3.05) is 5.73 Å². The van der Waals surface area contributed by atoms with Crippen LogP contribution in [0.3, 0.4) is 0 Å². The minimum Gasteiger partial charge on any atom is -0.505 e. The van der Waals surface area contributed by atoms with Crippen molar-refractivity contribution < 1.29 is 23.4 Å². The molecule has 16 heavy (non-hydrogen) atoms. The average Bonchev–Trinajstić information content (AvgIpc) is 2.11. The number of hydrogen-bond acceptors (Lipinski definition) is 5. The zero-order valence-electron chi connectivity index (χ0n) is 7.64. The number of aromatic hydroxyl groups is 1. The van der Waals surface area contributed by atoms with Gasteiger partial charge in [0.2, 0.25) is 10.0 Å². The maximum Gasteiger partial charge on any atom is 0.339 e. The molecule has 88 valence electrons. The average molecular weight is 267 g/mol. The quantitative estimate of drug-likeness (QED) is 0.437. The van der Waals surface area contributed by atoms with Crippen LogP contribution >= 0.6 is 11.6 Å². The Balaban J connectivity index is 3.74. The second-order valence-corrected chi connectivity index (χ2v) is 4.76. The van der Waals surface area contributed by atoms with Gasteiger partial charge in [0, 0.05) is 0 Å². The Kier molecular flexibility index (Phi) is 2.99. The van der Waals surface area contributed by atoms with Crippen molar-refractivity contribution in [1.29, 1.82) is 0 Å². The highest BCUT2D eigenvalue weighted by Crippen LogP contribution is 2.36. The van der Waals surface area contributed by atoms with Gasteiger partial charge in [-0.3, -0.25) is 0 Å². The van der Waals surface area contributed by atoms with Crippen molar-refractivity contribution in [3.63, 3.8) is 0 Å². The lowest BCUT2D eigenvalue weighted by Crippen LogP contribution is -2.15. The first-order valence-electron chi connectivity index (χ1n) is 3.73. The van der Waals surface area contributed by atoms with Crippen LogP contribution < -0.4 is 10.9 Å². The molecule has 1 aromatic carbocycles. The Morgan fingerprint density at radius 1 is 1.44 bits per heavy atom. The summed E-state index contributed by atoms with van der Waals surface area (Å²) in [6.45, 7) is 0. The zero-order valence-corrected chi connectivity index (χ0v) is 9.21. The summed E-state index contributed by atoms with van der Waals surface area (Å²) in [6, 6.07) is 0.645. The van der Waals surface area contributed by atoms with Crippen LogP contribution in [0.5, 0.6) is 5.75 Å². The van der Waals surface area contributed by atoms with Gasteiger partial charge in [0.1, 0.15) is 10.5 Å². The summed E-state index contributed by atoms with van der Waals surface area (Å²) >= 11 is 5.52. The van der Waals surface area contributed by atoms with Crippen LogP contribution in [0.25, 0.3) is 0 Å². The number of nitrogens with two attached hydrogens (primary N) is 2. The van der Waals surface area contributed by atoms with Gasteiger partial charge in [0.15, 0.2) is 5.75 Å². The number of rotatable bonds is 2. The van der Waals surface area contributed by atoms with Gasteiger partial charge in [-0.05, 0) is 6.07 Å². The highest BCUT2D eigenvalue weighted by molar-refractivity contribution is 7.89. The topological polar surface area (TPSA) is 144 Å². The van der Waals surface area contributed by atoms with Gasteiger partial charge in [-0.1, -0.05) is 11.6 Å². The first-order valence-corrected chi connectivity index (χ1v) is 5.65. The van der Waals surface area contributed by atoms with Gasteiger partial charge in [-0.2, -0.15) is 0 Å². The summed E-state index contributed by atoms with van der Waals surface area (Å²) in [7, 11) is -4.22. The standard InChI is InChI=1S/C7H7ClN2O5S/c8-4-3(16(10,14)15)1-2(7(12)13)6(11)5(4)9/h1,11H,9H2,(H,12,13)(H2,10,14,15). The third kappa shape index (κ3) is 2.03. The number of carboxylic acids is 1. The van der Waals surface area contributed by atoms with Crippen molar-refractivity contribution in [2.24, 2.45) is 5.14 Å². The number of phenols is 1. The second-order valence-electron chi connectivity index (χ2n) is 2.85. The van der Waals surface area contributed by atoms with E-state index in [-0.39, 0.29) is 0 Å². The minimum absolute atomic E-state index is 0.509. The molecule has 1 rings (SSSR count). The number of primary sulfonamides is 1. The van der Waals surface area contributed by atoms with Crippen molar-refractivity contribution in [3.05, 3.63) is 16.7 Å². The maximum atomic E-state index is 11.1. The monoisotopic (exact) mass is 266 g/mol. The molecule has 0 aliphatic carbocycles. The number of carboxylic acid groups (broad SMARTS) is 1. The molecule has 0 amide bonds. The summed E-state index contributed by atoms with van der Waals surface area (Å²) in [5, 5.41) is 22.3. The van der Waals surface area contributed by atoms with E-state index in [0.717, 1.165) is 0 Å². The van der Waals surface area contributed by atoms with E-state index in [0.29, 0.717) is 6.07 Å². The molecule has 9 heteroatoms. The van der Waals surface area contributed by atoms with Crippen LogP contribution in [0, 0.1) is 0 Å². The Bertz CT molecular complexity index is 569. The highest BCUT2D eigenvalue weighted by atomic mass is 35.5. The SMILES string of the molecule is Nc1c(O)c(C(=O)O)cc(S(N)(=O)=O)c1Cl. The summed E-state index contributed by atoms with van der Waals surface area (Å²) < 4.78 is 22.1. The first-order chi connectivity index (χ1) is 7.16. The van der Waals surface area contributed by atoms with E-state index in [1.807, 2.05) is 0 Å². The molecular weight excluding hydrogens is 260 g/mol. The molecule has 1 aromatic rings. The third-order valence-electron chi connectivity index (χ3n) is 1.78. The fraction of sp³-hybridized carbons (Fsp3) is 0. The molecule has 0 unspecified atom stereocenters. The van der Waals surface area contributed by atoms with Crippen molar-refractivity contribution in [2.45, 2.75) is 4.90 Å². The first kappa shape index (κ1) is 12.6. The van der Waals surface area contributed by atoms with E-state index >= 15 is 0 Å². The molecule has 0 saturated heterocycles. The van der Waals surface area contributed by atoms with E-state index in [4.69, 9.17) is 27.6 Å². The number of sulfonamides is 1. The molecule has 0 atom stereocenters. The van der Waals surface area contributed by atoms with E-state index in [1.165, 1.54) is 0 Å². The van der Waals surface area contributed by atoms with Crippen LogP contribution in [-0.2, 0) is 10.0 Å². The highest BCUT2D eigenvalue weighted by Gasteiger charge is 2.23. The Labute approximate surface area is 95.3 Å². The number of halogens is 1. The predicted octanol–water partition coefficient (Wildman–Crippen LogP) is -0.0266. The molecule has 0 aliphatic rings. The molecule has 0 radical (unpaired) electrons. The van der Waals surface area contributed by atoms with Crippen LogP contribution in [-0.4, -0.2) is 24.6 Å². The number of hydrogen-bond donors (Lipinski definition) is 4. The van der Waals surface area contributed by atoms with Gasteiger partial charge >= 0.3 is 5.97 Å².